The molecule has 1 nitrogen and oxygen atoms in total. The van der Waals surface area contributed by atoms with Crippen LogP contribution in [0.15, 0.2) is 15.9 Å². The van der Waals surface area contributed by atoms with Crippen molar-refractivity contribution in [2.45, 2.75) is 31.7 Å². The molecule has 2 unspecified atom stereocenters. The summed E-state index contributed by atoms with van der Waals surface area (Å²) < 4.78 is 1.17. The van der Waals surface area contributed by atoms with Gasteiger partial charge in [0.05, 0.1) is 5.54 Å². The number of thiophene rings is 1. The van der Waals surface area contributed by atoms with Gasteiger partial charge in [-0.3, -0.25) is 0 Å². The van der Waals surface area contributed by atoms with E-state index in [0.717, 1.165) is 5.92 Å². The summed E-state index contributed by atoms with van der Waals surface area (Å²) in [5.41, 5.74) is 6.32. The maximum Gasteiger partial charge on any atom is 0.0536 e. The Labute approximate surface area is 91.5 Å². The fraction of sp³-hybridized carbons (Fsp3) is 0.600. The van der Waals surface area contributed by atoms with Gasteiger partial charge >= 0.3 is 0 Å². The van der Waals surface area contributed by atoms with Crippen LogP contribution in [0.1, 0.15) is 31.1 Å². The summed E-state index contributed by atoms with van der Waals surface area (Å²) in [5, 5.41) is 2.12. The first-order valence-electron chi connectivity index (χ1n) is 4.70. The van der Waals surface area contributed by atoms with Crippen LogP contribution in [0.25, 0.3) is 0 Å². The van der Waals surface area contributed by atoms with E-state index in [4.69, 9.17) is 5.73 Å². The van der Waals surface area contributed by atoms with Crippen LogP contribution in [-0.2, 0) is 5.54 Å². The summed E-state index contributed by atoms with van der Waals surface area (Å²) in [4.78, 5) is 1.35. The molecule has 0 spiro atoms. The van der Waals surface area contributed by atoms with Crippen molar-refractivity contribution in [3.63, 3.8) is 0 Å². The summed E-state index contributed by atoms with van der Waals surface area (Å²) in [6.07, 6.45) is 3.69. The lowest BCUT2D eigenvalue weighted by Gasteiger charge is -2.07. The van der Waals surface area contributed by atoms with Crippen molar-refractivity contribution >= 4 is 27.3 Å². The zero-order valence-electron chi connectivity index (χ0n) is 7.72. The summed E-state index contributed by atoms with van der Waals surface area (Å²) >= 11 is 5.24. The molecule has 0 aliphatic heterocycles. The average Bonchev–Trinajstić information content (AvgIpc) is 2.57. The van der Waals surface area contributed by atoms with Crippen LogP contribution < -0.4 is 5.73 Å². The highest BCUT2D eigenvalue weighted by Crippen LogP contribution is 2.53. The van der Waals surface area contributed by atoms with Crippen LogP contribution >= 0.6 is 27.3 Å². The molecule has 1 heterocycles. The van der Waals surface area contributed by atoms with Gasteiger partial charge in [-0.05, 0) is 40.8 Å². The number of rotatable bonds is 3. The highest BCUT2D eigenvalue weighted by atomic mass is 79.9. The molecule has 13 heavy (non-hydrogen) atoms. The van der Waals surface area contributed by atoms with Crippen molar-refractivity contribution in [2.75, 3.05) is 0 Å². The van der Waals surface area contributed by atoms with Gasteiger partial charge in [0.25, 0.3) is 0 Å². The molecule has 1 aliphatic rings. The van der Waals surface area contributed by atoms with Crippen molar-refractivity contribution in [2.24, 2.45) is 11.7 Å². The van der Waals surface area contributed by atoms with Gasteiger partial charge in [-0.25, -0.2) is 0 Å². The van der Waals surface area contributed by atoms with E-state index in [-0.39, 0.29) is 5.54 Å². The fourth-order valence-electron chi connectivity index (χ4n) is 1.92. The Morgan fingerprint density at radius 3 is 3.08 bits per heavy atom. The molecule has 0 aromatic carbocycles. The third-order valence-corrected chi connectivity index (χ3v) is 4.70. The molecule has 1 aromatic rings. The van der Waals surface area contributed by atoms with Crippen LogP contribution in [0.4, 0.5) is 0 Å². The second-order valence-corrected chi connectivity index (χ2v) is 5.69. The van der Waals surface area contributed by atoms with Crippen molar-refractivity contribution in [3.05, 3.63) is 20.8 Å². The number of nitrogens with two attached hydrogens (primary N) is 1. The molecule has 0 amide bonds. The molecule has 1 fully saturated rings. The highest BCUT2D eigenvalue weighted by molar-refractivity contribution is 9.10. The molecular weight excluding hydrogens is 246 g/mol. The van der Waals surface area contributed by atoms with Crippen LogP contribution in [0, 0.1) is 5.92 Å². The molecule has 0 bridgehead atoms. The van der Waals surface area contributed by atoms with Gasteiger partial charge in [0.15, 0.2) is 0 Å². The first-order valence-corrected chi connectivity index (χ1v) is 6.37. The minimum absolute atomic E-state index is 0.0205. The molecule has 2 rings (SSSR count). The average molecular weight is 260 g/mol. The third-order valence-electron chi connectivity index (χ3n) is 2.82. The third kappa shape index (κ3) is 1.69. The van der Waals surface area contributed by atoms with Gasteiger partial charge in [-0.2, -0.15) is 0 Å². The van der Waals surface area contributed by atoms with E-state index in [1.165, 1.54) is 28.6 Å². The Hall–Kier alpha value is 0.140. The maximum atomic E-state index is 6.30. The van der Waals surface area contributed by atoms with Gasteiger partial charge in [0.1, 0.15) is 0 Å². The predicted molar refractivity (Wildman–Crippen MR) is 60.9 cm³/mol. The van der Waals surface area contributed by atoms with E-state index < -0.39 is 0 Å². The van der Waals surface area contributed by atoms with E-state index in [1.807, 2.05) is 0 Å². The molecule has 2 N–H and O–H groups in total. The largest absolute Gasteiger partial charge is 0.320 e. The topological polar surface area (TPSA) is 26.0 Å². The lowest BCUT2D eigenvalue weighted by molar-refractivity contribution is 0.591. The maximum absolute atomic E-state index is 6.30. The molecule has 3 heteroatoms. The Balaban J connectivity index is 2.11. The van der Waals surface area contributed by atoms with E-state index in [9.17, 15) is 0 Å². The molecule has 1 aromatic heterocycles. The monoisotopic (exact) mass is 259 g/mol. The fourth-order valence-corrected chi connectivity index (χ4v) is 3.55. The van der Waals surface area contributed by atoms with Crippen molar-refractivity contribution in [3.8, 4) is 0 Å². The standard InChI is InChI=1S/C10H14BrNS/c1-2-3-7-5-10(7,12)9-4-8(11)6-13-9/h4,6-7H,2-3,5,12H2,1H3. The molecule has 2 atom stereocenters. The van der Waals surface area contributed by atoms with Crippen LogP contribution in [0.2, 0.25) is 0 Å². The van der Waals surface area contributed by atoms with Gasteiger partial charge in [-0.15, -0.1) is 11.3 Å². The van der Waals surface area contributed by atoms with Gasteiger partial charge < -0.3 is 5.73 Å². The summed E-state index contributed by atoms with van der Waals surface area (Å²) in [6, 6.07) is 2.17. The molecule has 0 saturated heterocycles. The smallest absolute Gasteiger partial charge is 0.0536 e. The Bertz CT molecular complexity index is 310. The van der Waals surface area contributed by atoms with E-state index in [0.29, 0.717) is 0 Å². The SMILES string of the molecule is CCCC1CC1(N)c1cc(Br)cs1. The highest BCUT2D eigenvalue weighted by Gasteiger charge is 2.52. The molecule has 1 aliphatic carbocycles. The zero-order valence-corrected chi connectivity index (χ0v) is 10.1. The lowest BCUT2D eigenvalue weighted by atomic mass is 10.1. The summed E-state index contributed by atoms with van der Waals surface area (Å²) in [7, 11) is 0. The Kier molecular flexibility index (Phi) is 2.51. The van der Waals surface area contributed by atoms with Gasteiger partial charge in [-0.1, -0.05) is 13.3 Å². The van der Waals surface area contributed by atoms with E-state index in [1.54, 1.807) is 11.3 Å². The Morgan fingerprint density at radius 1 is 1.77 bits per heavy atom. The Morgan fingerprint density at radius 2 is 2.54 bits per heavy atom. The molecule has 1 saturated carbocycles. The zero-order chi connectivity index (χ0) is 9.47. The first-order chi connectivity index (χ1) is 6.16. The summed E-state index contributed by atoms with van der Waals surface area (Å²) in [5.74, 6) is 0.725. The first kappa shape index (κ1) is 9.69. The van der Waals surface area contributed by atoms with Crippen molar-refractivity contribution < 1.29 is 0 Å². The van der Waals surface area contributed by atoms with Gasteiger partial charge in [0.2, 0.25) is 0 Å². The molecular formula is C10H14BrNS. The number of hydrogen-bond donors (Lipinski definition) is 1. The molecule has 72 valence electrons. The van der Waals surface area contributed by atoms with Crippen LogP contribution in [0.3, 0.4) is 0 Å². The van der Waals surface area contributed by atoms with Crippen LogP contribution in [-0.4, -0.2) is 0 Å². The predicted octanol–water partition coefficient (Wildman–Crippen LogP) is 3.48. The summed E-state index contributed by atoms with van der Waals surface area (Å²) in [6.45, 7) is 2.23. The molecule has 0 radical (unpaired) electrons. The van der Waals surface area contributed by atoms with Crippen molar-refractivity contribution in [1.82, 2.24) is 0 Å². The normalized spacial score (nSPS) is 32.1. The van der Waals surface area contributed by atoms with Crippen LogP contribution in [0.5, 0.6) is 0 Å². The number of halogens is 1. The van der Waals surface area contributed by atoms with Gasteiger partial charge in [0, 0.05) is 14.7 Å². The van der Waals surface area contributed by atoms with Crippen molar-refractivity contribution in [1.29, 1.82) is 0 Å². The minimum atomic E-state index is 0.0205. The van der Waals surface area contributed by atoms with E-state index >= 15 is 0 Å². The second kappa shape index (κ2) is 3.37. The minimum Gasteiger partial charge on any atom is -0.320 e. The quantitative estimate of drug-likeness (QED) is 0.884. The number of hydrogen-bond acceptors (Lipinski definition) is 2. The second-order valence-electron chi connectivity index (χ2n) is 3.86. The van der Waals surface area contributed by atoms with E-state index in [2.05, 4.69) is 34.3 Å². The lowest BCUT2D eigenvalue weighted by Crippen LogP contribution is -2.20.